The van der Waals surface area contributed by atoms with E-state index in [-0.39, 0.29) is 30.3 Å². The second-order valence-corrected chi connectivity index (χ2v) is 11.2. The molecule has 0 aromatic heterocycles. The molecule has 5 nitrogen and oxygen atoms in total. The Balaban J connectivity index is 1.55. The molecule has 6 heteroatoms. The molecule has 1 aromatic rings. The number of hydrogen-bond donors (Lipinski definition) is 1. The molecule has 1 fully saturated rings. The molecule has 1 heterocycles. The highest BCUT2D eigenvalue weighted by Crippen LogP contribution is 2.30. The minimum Gasteiger partial charge on any atom is -0.340 e. The number of aryl methyl sites for hydroxylation is 2. The number of fused-ring (bicyclic) bond motifs is 1. The number of benzene rings is 1. The molecule has 1 aliphatic carbocycles. The normalized spacial score (nSPS) is 20.2. The van der Waals surface area contributed by atoms with Gasteiger partial charge in [0.25, 0.3) is 0 Å². The Labute approximate surface area is 169 Å². The standard InChI is InChI=1S/C22H34N2O3S/c1-22(2,3)16-19-9-6-14-24(19)21(25)12-13-23-28(26,27)20-11-10-17-7-4-5-8-18(17)15-20/h10-11,15,19,23H,4-9,12-14,16H2,1-3H3. The van der Waals surface area contributed by atoms with E-state index in [1.807, 2.05) is 11.0 Å². The van der Waals surface area contributed by atoms with Gasteiger partial charge in [-0.2, -0.15) is 0 Å². The van der Waals surface area contributed by atoms with Crippen LogP contribution in [0, 0.1) is 5.41 Å². The number of carbonyl (C=O) groups excluding carboxylic acids is 1. The van der Waals surface area contributed by atoms with Crippen LogP contribution in [0.4, 0.5) is 0 Å². The first-order chi connectivity index (χ1) is 13.2. The molecule has 3 rings (SSSR count). The number of carbonyl (C=O) groups is 1. The predicted molar refractivity (Wildman–Crippen MR) is 112 cm³/mol. The van der Waals surface area contributed by atoms with Gasteiger partial charge in [-0.3, -0.25) is 4.79 Å². The van der Waals surface area contributed by atoms with Crippen LogP contribution in [0.3, 0.4) is 0 Å². The molecule has 156 valence electrons. The minimum absolute atomic E-state index is 0.0555. The highest BCUT2D eigenvalue weighted by Gasteiger charge is 2.31. The van der Waals surface area contributed by atoms with Crippen LogP contribution in [-0.4, -0.2) is 38.4 Å². The maximum atomic E-state index is 12.6. The van der Waals surface area contributed by atoms with Crippen LogP contribution >= 0.6 is 0 Å². The van der Waals surface area contributed by atoms with E-state index in [4.69, 9.17) is 0 Å². The fourth-order valence-electron chi connectivity index (χ4n) is 4.48. The lowest BCUT2D eigenvalue weighted by molar-refractivity contribution is -0.132. The zero-order chi connectivity index (χ0) is 20.4. The fraction of sp³-hybridized carbons (Fsp3) is 0.682. The molecule has 2 aliphatic rings. The molecular formula is C22H34N2O3S. The first-order valence-corrected chi connectivity index (χ1v) is 12.0. The third-order valence-electron chi connectivity index (χ3n) is 5.81. The molecule has 1 amide bonds. The average molecular weight is 407 g/mol. The van der Waals surface area contributed by atoms with Crippen molar-refractivity contribution in [1.29, 1.82) is 0 Å². The fourth-order valence-corrected chi connectivity index (χ4v) is 5.56. The number of likely N-dealkylation sites (tertiary alicyclic amines) is 1. The first kappa shape index (κ1) is 21.3. The summed E-state index contributed by atoms with van der Waals surface area (Å²) in [7, 11) is -3.58. The topological polar surface area (TPSA) is 66.5 Å². The van der Waals surface area contributed by atoms with Crippen LogP contribution in [0.5, 0.6) is 0 Å². The number of nitrogens with zero attached hydrogens (tertiary/aromatic N) is 1. The number of amides is 1. The first-order valence-electron chi connectivity index (χ1n) is 10.6. The summed E-state index contributed by atoms with van der Waals surface area (Å²) in [5, 5.41) is 0. The van der Waals surface area contributed by atoms with Crippen molar-refractivity contribution in [1.82, 2.24) is 9.62 Å². The summed E-state index contributed by atoms with van der Waals surface area (Å²) < 4.78 is 27.9. The zero-order valence-corrected chi connectivity index (χ0v) is 18.3. The van der Waals surface area contributed by atoms with Crippen molar-refractivity contribution in [3.8, 4) is 0 Å². The van der Waals surface area contributed by atoms with Gasteiger partial charge in [-0.05, 0) is 73.6 Å². The second kappa shape index (κ2) is 8.54. The van der Waals surface area contributed by atoms with Gasteiger partial charge < -0.3 is 4.90 Å². The Kier molecular flexibility index (Phi) is 6.50. The Morgan fingerprint density at radius 1 is 1.14 bits per heavy atom. The van der Waals surface area contributed by atoms with Gasteiger partial charge in [0, 0.05) is 25.6 Å². The highest BCUT2D eigenvalue weighted by atomic mass is 32.2. The van der Waals surface area contributed by atoms with E-state index in [2.05, 4.69) is 25.5 Å². The lowest BCUT2D eigenvalue weighted by atomic mass is 9.87. The van der Waals surface area contributed by atoms with Crippen LogP contribution in [0.1, 0.15) is 70.4 Å². The summed E-state index contributed by atoms with van der Waals surface area (Å²) in [5.41, 5.74) is 2.59. The van der Waals surface area contributed by atoms with Crippen molar-refractivity contribution >= 4 is 15.9 Å². The van der Waals surface area contributed by atoms with Crippen LogP contribution < -0.4 is 4.72 Å². The Hall–Kier alpha value is -1.40. The molecule has 1 aromatic carbocycles. The van der Waals surface area contributed by atoms with Gasteiger partial charge in [0.2, 0.25) is 15.9 Å². The van der Waals surface area contributed by atoms with Crippen molar-refractivity contribution in [2.24, 2.45) is 5.41 Å². The summed E-state index contributed by atoms with van der Waals surface area (Å²) in [4.78, 5) is 14.9. The van der Waals surface area contributed by atoms with Gasteiger partial charge in [0.15, 0.2) is 0 Å². The predicted octanol–water partition coefficient (Wildman–Crippen LogP) is 3.66. The van der Waals surface area contributed by atoms with Crippen molar-refractivity contribution in [2.45, 2.75) is 83.1 Å². The van der Waals surface area contributed by atoms with E-state index >= 15 is 0 Å². The summed E-state index contributed by atoms with van der Waals surface area (Å²) >= 11 is 0. The van der Waals surface area contributed by atoms with E-state index in [9.17, 15) is 13.2 Å². The van der Waals surface area contributed by atoms with E-state index in [1.54, 1.807) is 12.1 Å². The molecule has 1 unspecified atom stereocenters. The maximum Gasteiger partial charge on any atom is 0.240 e. The zero-order valence-electron chi connectivity index (χ0n) is 17.5. The van der Waals surface area contributed by atoms with Crippen molar-refractivity contribution in [2.75, 3.05) is 13.1 Å². The largest absolute Gasteiger partial charge is 0.340 e. The molecular weight excluding hydrogens is 372 g/mol. The van der Waals surface area contributed by atoms with Gasteiger partial charge in [-0.15, -0.1) is 0 Å². The average Bonchev–Trinajstić information content (AvgIpc) is 3.07. The van der Waals surface area contributed by atoms with Crippen LogP contribution in [-0.2, 0) is 27.7 Å². The quantitative estimate of drug-likeness (QED) is 0.784. The second-order valence-electron chi connectivity index (χ2n) is 9.43. The lowest BCUT2D eigenvalue weighted by Crippen LogP contribution is -2.39. The summed E-state index contributed by atoms with van der Waals surface area (Å²) in [6, 6.07) is 5.71. The van der Waals surface area contributed by atoms with E-state index in [1.165, 1.54) is 12.0 Å². The number of nitrogens with one attached hydrogen (secondary N) is 1. The van der Waals surface area contributed by atoms with Crippen LogP contribution in [0.15, 0.2) is 23.1 Å². The summed E-state index contributed by atoms with van der Waals surface area (Å²) in [6.45, 7) is 7.52. The molecule has 1 aliphatic heterocycles. The van der Waals surface area contributed by atoms with Gasteiger partial charge in [-0.25, -0.2) is 13.1 Å². The smallest absolute Gasteiger partial charge is 0.240 e. The van der Waals surface area contributed by atoms with Gasteiger partial charge in [0.05, 0.1) is 4.90 Å². The molecule has 0 saturated carbocycles. The monoisotopic (exact) mass is 406 g/mol. The molecule has 0 spiro atoms. The molecule has 1 saturated heterocycles. The van der Waals surface area contributed by atoms with Crippen LogP contribution in [0.25, 0.3) is 0 Å². The Bertz CT molecular complexity index is 812. The summed E-state index contributed by atoms with van der Waals surface area (Å²) in [5.74, 6) is 0.0555. The van der Waals surface area contributed by atoms with Gasteiger partial charge >= 0.3 is 0 Å². The van der Waals surface area contributed by atoms with E-state index in [0.717, 1.165) is 50.6 Å². The number of sulfonamides is 1. The highest BCUT2D eigenvalue weighted by molar-refractivity contribution is 7.89. The molecule has 1 N–H and O–H groups in total. The molecule has 1 atom stereocenters. The van der Waals surface area contributed by atoms with Crippen molar-refractivity contribution < 1.29 is 13.2 Å². The number of rotatable bonds is 6. The van der Waals surface area contributed by atoms with Crippen molar-refractivity contribution in [3.05, 3.63) is 29.3 Å². The van der Waals surface area contributed by atoms with Gasteiger partial charge in [-0.1, -0.05) is 26.8 Å². The molecule has 28 heavy (non-hydrogen) atoms. The summed E-state index contributed by atoms with van der Waals surface area (Å²) in [6.07, 6.45) is 7.54. The third-order valence-corrected chi connectivity index (χ3v) is 7.27. The van der Waals surface area contributed by atoms with Crippen LogP contribution in [0.2, 0.25) is 0 Å². The Morgan fingerprint density at radius 2 is 1.86 bits per heavy atom. The van der Waals surface area contributed by atoms with Crippen molar-refractivity contribution in [3.63, 3.8) is 0 Å². The SMILES string of the molecule is CC(C)(C)CC1CCCN1C(=O)CCNS(=O)(=O)c1ccc2c(c1)CCCC2. The lowest BCUT2D eigenvalue weighted by Gasteiger charge is -2.30. The van der Waals surface area contributed by atoms with E-state index in [0.29, 0.717) is 4.90 Å². The molecule has 0 bridgehead atoms. The third kappa shape index (κ3) is 5.35. The van der Waals surface area contributed by atoms with E-state index < -0.39 is 10.0 Å². The van der Waals surface area contributed by atoms with Gasteiger partial charge in [0.1, 0.15) is 0 Å². The minimum atomic E-state index is -3.58. The molecule has 0 radical (unpaired) electrons. The Morgan fingerprint density at radius 3 is 2.57 bits per heavy atom. The number of hydrogen-bond acceptors (Lipinski definition) is 3. The maximum absolute atomic E-state index is 12.6.